The van der Waals surface area contributed by atoms with Crippen LogP contribution in [0.3, 0.4) is 0 Å². The van der Waals surface area contributed by atoms with Crippen LogP contribution in [0, 0.1) is 0 Å². The fourth-order valence-corrected chi connectivity index (χ4v) is 4.35. The van der Waals surface area contributed by atoms with Crippen molar-refractivity contribution in [2.24, 2.45) is 0 Å². The molecule has 0 aliphatic carbocycles. The molecule has 1 atom stereocenters. The summed E-state index contributed by atoms with van der Waals surface area (Å²) in [6.45, 7) is 3.19. The van der Waals surface area contributed by atoms with Gasteiger partial charge in [0.1, 0.15) is 11.6 Å². The molecule has 7 nitrogen and oxygen atoms in total. The number of carbonyl (C=O) groups excluding carboxylic acids is 1. The number of carbonyl (C=O) groups is 1. The Balaban J connectivity index is 1.93. The third-order valence-electron chi connectivity index (χ3n) is 6.26. The molecular formula is C29H32N4O3. The van der Waals surface area contributed by atoms with Crippen LogP contribution in [0.2, 0.25) is 0 Å². The van der Waals surface area contributed by atoms with E-state index in [4.69, 9.17) is 9.72 Å². The fraction of sp³-hybridized carbons (Fsp3) is 0.276. The number of aromatic nitrogens is 2. The van der Waals surface area contributed by atoms with E-state index < -0.39 is 6.04 Å². The van der Waals surface area contributed by atoms with E-state index in [2.05, 4.69) is 0 Å². The van der Waals surface area contributed by atoms with Crippen LogP contribution in [0.5, 0.6) is 5.75 Å². The van der Waals surface area contributed by atoms with E-state index in [0.717, 1.165) is 0 Å². The highest BCUT2D eigenvalue weighted by Gasteiger charge is 2.29. The van der Waals surface area contributed by atoms with Crippen molar-refractivity contribution in [3.8, 4) is 11.4 Å². The number of likely N-dealkylation sites (N-methyl/N-ethyl adjacent to an activating group) is 1. The maximum absolute atomic E-state index is 13.8. The lowest BCUT2D eigenvalue weighted by Gasteiger charge is -2.33. The zero-order valence-electron chi connectivity index (χ0n) is 21.2. The number of fused-ring (bicyclic) bond motifs is 1. The molecular weight excluding hydrogens is 452 g/mol. The molecule has 0 radical (unpaired) electrons. The molecule has 1 heterocycles. The Hall–Kier alpha value is -3.97. The number of benzene rings is 3. The van der Waals surface area contributed by atoms with E-state index in [1.165, 1.54) is 0 Å². The minimum absolute atomic E-state index is 0.0898. The Morgan fingerprint density at radius 1 is 0.944 bits per heavy atom. The van der Waals surface area contributed by atoms with Crippen LogP contribution in [0.1, 0.15) is 35.6 Å². The molecule has 0 fully saturated rings. The van der Waals surface area contributed by atoms with Gasteiger partial charge >= 0.3 is 0 Å². The molecule has 1 unspecified atom stereocenters. The van der Waals surface area contributed by atoms with E-state index >= 15 is 0 Å². The number of hydrogen-bond donors (Lipinski definition) is 0. The summed E-state index contributed by atoms with van der Waals surface area (Å²) in [5, 5.41) is 0.529. The first-order valence-corrected chi connectivity index (χ1v) is 12.1. The normalized spacial score (nSPS) is 12.0. The molecule has 7 heteroatoms. The number of nitrogens with zero attached hydrogens (tertiary/aromatic N) is 4. The van der Waals surface area contributed by atoms with Gasteiger partial charge in [-0.3, -0.25) is 14.2 Å². The second kappa shape index (κ2) is 11.2. The van der Waals surface area contributed by atoms with Crippen LogP contribution >= 0.6 is 0 Å². The topological polar surface area (TPSA) is 67.7 Å². The van der Waals surface area contributed by atoms with Gasteiger partial charge < -0.3 is 14.5 Å². The van der Waals surface area contributed by atoms with Crippen molar-refractivity contribution in [1.29, 1.82) is 0 Å². The minimum Gasteiger partial charge on any atom is -0.497 e. The SMILES string of the molecule is CCC(c1nc2ccccc2c(=O)n1-c1ccc(OC)cc1)N(CCN(C)C)C(=O)c1ccccc1. The average molecular weight is 485 g/mol. The van der Waals surface area contributed by atoms with Gasteiger partial charge in [0.15, 0.2) is 0 Å². The van der Waals surface area contributed by atoms with Crippen LogP contribution in [-0.2, 0) is 0 Å². The summed E-state index contributed by atoms with van der Waals surface area (Å²) in [5.41, 5.74) is 1.72. The molecule has 0 bridgehead atoms. The lowest BCUT2D eigenvalue weighted by Crippen LogP contribution is -2.41. The summed E-state index contributed by atoms with van der Waals surface area (Å²) in [6.07, 6.45) is 0.590. The Labute approximate surface area is 211 Å². The molecule has 0 saturated heterocycles. The number of rotatable bonds is 9. The summed E-state index contributed by atoms with van der Waals surface area (Å²) in [6, 6.07) is 23.5. The molecule has 0 aliphatic heterocycles. The zero-order valence-corrected chi connectivity index (χ0v) is 21.2. The molecule has 36 heavy (non-hydrogen) atoms. The first-order valence-electron chi connectivity index (χ1n) is 12.1. The van der Waals surface area contributed by atoms with Crippen LogP contribution in [0.15, 0.2) is 83.7 Å². The van der Waals surface area contributed by atoms with Crippen LogP contribution in [-0.4, -0.2) is 59.6 Å². The Morgan fingerprint density at radius 2 is 1.61 bits per heavy atom. The molecule has 0 saturated carbocycles. The first-order chi connectivity index (χ1) is 17.4. The van der Waals surface area contributed by atoms with Crippen molar-refractivity contribution in [3.63, 3.8) is 0 Å². The zero-order chi connectivity index (χ0) is 25.7. The Kier molecular flexibility index (Phi) is 7.80. The molecule has 186 valence electrons. The van der Waals surface area contributed by atoms with Crippen molar-refractivity contribution in [1.82, 2.24) is 19.4 Å². The molecule has 4 rings (SSSR count). The van der Waals surface area contributed by atoms with Crippen LogP contribution < -0.4 is 10.3 Å². The standard InChI is InChI=1S/C29H32N4O3/c1-5-26(32(20-19-31(2)3)28(34)21-11-7-6-8-12-21)27-30-25-14-10-9-13-24(25)29(35)33(27)22-15-17-23(36-4)18-16-22/h6-18,26H,5,19-20H2,1-4H3. The number of ether oxygens (including phenoxy) is 1. The third kappa shape index (κ3) is 5.16. The van der Waals surface area contributed by atoms with Gasteiger partial charge in [0.25, 0.3) is 11.5 Å². The number of para-hydroxylation sites is 1. The summed E-state index contributed by atoms with van der Waals surface area (Å²) in [5.74, 6) is 1.14. The summed E-state index contributed by atoms with van der Waals surface area (Å²) in [4.78, 5) is 36.5. The van der Waals surface area contributed by atoms with Gasteiger partial charge in [-0.15, -0.1) is 0 Å². The Morgan fingerprint density at radius 3 is 2.25 bits per heavy atom. The highest BCUT2D eigenvalue weighted by molar-refractivity contribution is 5.94. The van der Waals surface area contributed by atoms with Crippen LogP contribution in [0.4, 0.5) is 0 Å². The molecule has 0 aliphatic rings. The number of methoxy groups -OCH3 is 1. The van der Waals surface area contributed by atoms with Gasteiger partial charge in [-0.25, -0.2) is 4.98 Å². The van der Waals surface area contributed by atoms with E-state index in [9.17, 15) is 9.59 Å². The monoisotopic (exact) mass is 484 g/mol. The number of amides is 1. The second-order valence-corrected chi connectivity index (χ2v) is 8.92. The molecule has 0 N–H and O–H groups in total. The maximum atomic E-state index is 13.8. The maximum Gasteiger partial charge on any atom is 0.266 e. The van der Waals surface area contributed by atoms with Gasteiger partial charge in [0, 0.05) is 18.7 Å². The first kappa shape index (κ1) is 25.1. The summed E-state index contributed by atoms with van der Waals surface area (Å²) >= 11 is 0. The van der Waals surface area contributed by atoms with Crippen molar-refractivity contribution < 1.29 is 9.53 Å². The molecule has 0 spiro atoms. The van der Waals surface area contributed by atoms with Gasteiger partial charge in [-0.1, -0.05) is 37.3 Å². The quantitative estimate of drug-likeness (QED) is 0.349. The van der Waals surface area contributed by atoms with Crippen molar-refractivity contribution in [3.05, 3.63) is 101 Å². The van der Waals surface area contributed by atoms with Crippen molar-refractivity contribution in [2.45, 2.75) is 19.4 Å². The summed E-state index contributed by atoms with van der Waals surface area (Å²) in [7, 11) is 5.57. The largest absolute Gasteiger partial charge is 0.497 e. The highest BCUT2D eigenvalue weighted by Crippen LogP contribution is 2.28. The van der Waals surface area contributed by atoms with Crippen molar-refractivity contribution >= 4 is 16.8 Å². The van der Waals surface area contributed by atoms with Gasteiger partial charge in [-0.05, 0) is 69.0 Å². The van der Waals surface area contributed by atoms with Gasteiger partial charge in [0.05, 0.1) is 29.7 Å². The average Bonchev–Trinajstić information content (AvgIpc) is 2.91. The van der Waals surface area contributed by atoms with Gasteiger partial charge in [-0.2, -0.15) is 0 Å². The van der Waals surface area contributed by atoms with Crippen LogP contribution in [0.25, 0.3) is 16.6 Å². The Bertz CT molecular complexity index is 1380. The smallest absolute Gasteiger partial charge is 0.266 e. The van der Waals surface area contributed by atoms with E-state index in [1.807, 2.05) is 104 Å². The lowest BCUT2D eigenvalue weighted by atomic mass is 10.1. The molecule has 3 aromatic carbocycles. The van der Waals surface area contributed by atoms with E-state index in [-0.39, 0.29) is 11.5 Å². The predicted octanol–water partition coefficient (Wildman–Crippen LogP) is 4.55. The highest BCUT2D eigenvalue weighted by atomic mass is 16.5. The number of hydrogen-bond acceptors (Lipinski definition) is 5. The third-order valence-corrected chi connectivity index (χ3v) is 6.26. The molecule has 4 aromatic rings. The lowest BCUT2D eigenvalue weighted by molar-refractivity contribution is 0.0644. The molecule has 1 amide bonds. The molecule has 1 aromatic heterocycles. The minimum atomic E-state index is -0.419. The predicted molar refractivity (Wildman–Crippen MR) is 143 cm³/mol. The summed E-state index contributed by atoms with van der Waals surface area (Å²) < 4.78 is 6.95. The fourth-order valence-electron chi connectivity index (χ4n) is 4.35. The second-order valence-electron chi connectivity index (χ2n) is 8.92. The van der Waals surface area contributed by atoms with Crippen molar-refractivity contribution in [2.75, 3.05) is 34.3 Å². The van der Waals surface area contributed by atoms with Gasteiger partial charge in [0.2, 0.25) is 0 Å². The van der Waals surface area contributed by atoms with E-state index in [0.29, 0.717) is 53.2 Å². The van der Waals surface area contributed by atoms with E-state index in [1.54, 1.807) is 17.7 Å².